The zero-order chi connectivity index (χ0) is 45.3. The highest BCUT2D eigenvalue weighted by Crippen LogP contribution is 2.49. The van der Waals surface area contributed by atoms with Gasteiger partial charge in [0.05, 0.1) is 54.4 Å². The van der Waals surface area contributed by atoms with Crippen molar-refractivity contribution in [3.63, 3.8) is 0 Å². The topological polar surface area (TPSA) is 172 Å². The molecule has 1 saturated carbocycles. The minimum Gasteiger partial charge on any atom is -0.462 e. The Bertz CT molecular complexity index is 1640. The summed E-state index contributed by atoms with van der Waals surface area (Å²) in [6, 6.07) is 0. The van der Waals surface area contributed by atoms with Gasteiger partial charge in [-0.15, -0.1) is 0 Å². The molecule has 4 fully saturated rings. The molecule has 0 aromatic heterocycles. The maximum atomic E-state index is 14.3. The summed E-state index contributed by atoms with van der Waals surface area (Å²) in [5, 5.41) is 45.4. The lowest BCUT2D eigenvalue weighted by Gasteiger charge is -2.52. The lowest BCUT2D eigenvalue weighted by Crippen LogP contribution is -2.56. The Hall–Kier alpha value is -2.01. The lowest BCUT2D eigenvalue weighted by molar-refractivity contribution is -0.318. The van der Waals surface area contributed by atoms with E-state index in [2.05, 4.69) is 40.7 Å². The molecule has 20 atom stereocenters. The summed E-state index contributed by atoms with van der Waals surface area (Å²) in [7, 11) is 3.22. The number of methoxy groups -OCH3 is 2. The van der Waals surface area contributed by atoms with Gasteiger partial charge < -0.3 is 58.3 Å². The summed E-state index contributed by atoms with van der Waals surface area (Å²) >= 11 is 0. The minimum atomic E-state index is -1.68. The van der Waals surface area contributed by atoms with Crippen molar-refractivity contribution >= 4 is 5.97 Å². The zero-order valence-corrected chi connectivity index (χ0v) is 39.1. The summed E-state index contributed by atoms with van der Waals surface area (Å²) in [4.78, 5) is 14.3. The van der Waals surface area contributed by atoms with Gasteiger partial charge in [-0.1, -0.05) is 64.5 Å². The first-order valence-corrected chi connectivity index (χ1v) is 23.3. The Labute approximate surface area is 370 Å². The van der Waals surface area contributed by atoms with Crippen molar-refractivity contribution in [3.05, 3.63) is 47.1 Å². The lowest BCUT2D eigenvalue weighted by atomic mass is 9.63. The highest BCUT2D eigenvalue weighted by atomic mass is 16.7. The van der Waals surface area contributed by atoms with Crippen molar-refractivity contribution in [3.8, 4) is 0 Å². The quantitative estimate of drug-likeness (QED) is 0.160. The Kier molecular flexibility index (Phi) is 16.5. The highest BCUT2D eigenvalue weighted by Gasteiger charge is 2.53. The molecule has 13 heteroatoms. The minimum absolute atomic E-state index is 0.0428. The van der Waals surface area contributed by atoms with E-state index in [4.69, 9.17) is 37.9 Å². The molecule has 20 unspecified atom stereocenters. The Morgan fingerprint density at radius 1 is 0.855 bits per heavy atom. The number of carbonyl (C=O) groups excluding carboxylic acids is 1. The van der Waals surface area contributed by atoms with Crippen LogP contribution in [0.3, 0.4) is 0 Å². The van der Waals surface area contributed by atoms with Crippen LogP contribution in [0.5, 0.6) is 0 Å². The molecule has 2 bridgehead atoms. The predicted molar refractivity (Wildman–Crippen MR) is 233 cm³/mol. The normalized spacial score (nSPS) is 46.5. The second-order valence-electron chi connectivity index (χ2n) is 19.8. The maximum Gasteiger partial charge on any atom is 0.316 e. The van der Waals surface area contributed by atoms with E-state index in [0.29, 0.717) is 55.6 Å². The van der Waals surface area contributed by atoms with Crippen LogP contribution in [0, 0.1) is 29.6 Å². The molecule has 3 saturated heterocycles. The van der Waals surface area contributed by atoms with Gasteiger partial charge >= 0.3 is 5.97 Å². The third-order valence-electron chi connectivity index (χ3n) is 15.5. The third kappa shape index (κ3) is 10.8. The van der Waals surface area contributed by atoms with Gasteiger partial charge in [0.1, 0.15) is 29.8 Å². The molecule has 6 aliphatic rings. The van der Waals surface area contributed by atoms with Crippen LogP contribution in [-0.2, 0) is 42.7 Å². The summed E-state index contributed by atoms with van der Waals surface area (Å²) in [5.41, 5.74) is -0.245. The predicted octanol–water partition coefficient (Wildman–Crippen LogP) is 6.25. The number of esters is 1. The molecule has 2 aliphatic carbocycles. The summed E-state index contributed by atoms with van der Waals surface area (Å²) < 4.78 is 51.0. The molecule has 0 amide bonds. The largest absolute Gasteiger partial charge is 0.462 e. The van der Waals surface area contributed by atoms with Crippen LogP contribution in [0.1, 0.15) is 120 Å². The van der Waals surface area contributed by atoms with Crippen LogP contribution in [-0.4, -0.2) is 132 Å². The van der Waals surface area contributed by atoms with Gasteiger partial charge in [0.25, 0.3) is 0 Å². The van der Waals surface area contributed by atoms with Gasteiger partial charge in [-0.05, 0) is 81.9 Å². The van der Waals surface area contributed by atoms with Crippen molar-refractivity contribution < 1.29 is 63.1 Å². The Balaban J connectivity index is 1.30. The molecule has 62 heavy (non-hydrogen) atoms. The third-order valence-corrected chi connectivity index (χ3v) is 15.5. The second-order valence-corrected chi connectivity index (χ2v) is 19.8. The van der Waals surface area contributed by atoms with E-state index in [-0.39, 0.29) is 36.4 Å². The number of allylic oxidation sites excluding steroid dienone is 2. The van der Waals surface area contributed by atoms with Crippen LogP contribution in [0.2, 0.25) is 0 Å². The molecular weight excluding hydrogens is 797 g/mol. The SMILES string of the molecule is CCC(C)C1CC2(CC3CC(CC=C(C)C(OC4CC(OC)C(OC5CC(OC)C(O)C(C)O5)C(C)O4)C(C)C=CC=C(C)C4(O)CC(O)C(C)=CC4C(=O)O3)O2)CC(O)C1C. The number of hydrogen-bond acceptors (Lipinski definition) is 13. The number of carbonyl (C=O) groups is 1. The molecule has 0 radical (unpaired) electrons. The molecule has 1 spiro atoms. The van der Waals surface area contributed by atoms with Crippen molar-refractivity contribution in [1.82, 2.24) is 0 Å². The molecule has 352 valence electrons. The van der Waals surface area contributed by atoms with Crippen molar-refractivity contribution in [1.29, 1.82) is 0 Å². The van der Waals surface area contributed by atoms with E-state index in [1.165, 1.54) is 0 Å². The first-order chi connectivity index (χ1) is 29.3. The van der Waals surface area contributed by atoms with E-state index >= 15 is 0 Å². The van der Waals surface area contributed by atoms with Crippen LogP contribution in [0.15, 0.2) is 47.1 Å². The van der Waals surface area contributed by atoms with Crippen molar-refractivity contribution in [2.24, 2.45) is 29.6 Å². The molecule has 13 nitrogen and oxygen atoms in total. The average molecular weight is 875 g/mol. The number of aliphatic hydroxyl groups excluding tert-OH is 3. The molecular formula is C49H78O13. The fraction of sp³-hybridized carbons (Fsp3) is 0.816. The Morgan fingerprint density at radius 2 is 1.53 bits per heavy atom. The Morgan fingerprint density at radius 3 is 2.23 bits per heavy atom. The van der Waals surface area contributed by atoms with E-state index in [0.717, 1.165) is 18.4 Å². The number of fused-ring (bicyclic) bond motifs is 3. The molecule has 4 aliphatic heterocycles. The molecule has 4 N–H and O–H groups in total. The number of aliphatic hydroxyl groups is 4. The fourth-order valence-corrected chi connectivity index (χ4v) is 11.2. The molecule has 4 heterocycles. The van der Waals surface area contributed by atoms with Crippen LogP contribution in [0.4, 0.5) is 0 Å². The summed E-state index contributed by atoms with van der Waals surface area (Å²) in [6.07, 6.45) is 7.00. The van der Waals surface area contributed by atoms with E-state index in [1.54, 1.807) is 41.1 Å². The fourth-order valence-electron chi connectivity index (χ4n) is 11.2. The van der Waals surface area contributed by atoms with E-state index in [9.17, 15) is 25.2 Å². The summed E-state index contributed by atoms with van der Waals surface area (Å²) in [6.45, 7) is 18.0. The van der Waals surface area contributed by atoms with Crippen LogP contribution >= 0.6 is 0 Å². The average Bonchev–Trinajstić information content (AvgIpc) is 3.22. The number of rotatable bonds is 8. The highest BCUT2D eigenvalue weighted by molar-refractivity contribution is 5.78. The first-order valence-electron chi connectivity index (χ1n) is 23.3. The van der Waals surface area contributed by atoms with E-state index in [1.807, 2.05) is 25.2 Å². The first kappa shape index (κ1) is 49.4. The molecule has 0 aromatic carbocycles. The summed E-state index contributed by atoms with van der Waals surface area (Å²) in [5.74, 6) is -0.997. The number of hydrogen-bond donors (Lipinski definition) is 4. The van der Waals surface area contributed by atoms with Crippen LogP contribution in [0.25, 0.3) is 0 Å². The monoisotopic (exact) mass is 875 g/mol. The van der Waals surface area contributed by atoms with Crippen LogP contribution < -0.4 is 0 Å². The van der Waals surface area contributed by atoms with Gasteiger partial charge in [-0.3, -0.25) is 4.79 Å². The smallest absolute Gasteiger partial charge is 0.316 e. The van der Waals surface area contributed by atoms with Gasteiger partial charge in [0.15, 0.2) is 12.6 Å². The van der Waals surface area contributed by atoms with Gasteiger partial charge in [-0.25, -0.2) is 0 Å². The molecule has 0 aromatic rings. The van der Waals surface area contributed by atoms with Gasteiger partial charge in [0.2, 0.25) is 0 Å². The van der Waals surface area contributed by atoms with E-state index < -0.39 is 90.6 Å². The maximum absolute atomic E-state index is 14.3. The van der Waals surface area contributed by atoms with Crippen molar-refractivity contribution in [2.75, 3.05) is 14.2 Å². The number of ether oxygens (including phenoxy) is 8. The molecule has 6 rings (SSSR count). The standard InChI is InChI=1S/C49H78O13/c1-12-26(2)36-23-48(24-39(51)31(36)7)22-35-19-34(62-48)17-16-28(4)45(27(3)14-13-15-30(6)49(54)25-38(50)29(5)18-37(49)47(53)59-35)60-43-21-41(56-11)46(33(9)58-43)61-42-20-40(55-10)44(52)32(8)57-42/h13-16,18,26-27,31-46,50-52,54H,12,17,19-25H2,1-11H3. The zero-order valence-electron chi connectivity index (χ0n) is 39.1. The second kappa shape index (κ2) is 20.7. The van der Waals surface area contributed by atoms with Gasteiger partial charge in [0, 0.05) is 58.7 Å². The van der Waals surface area contributed by atoms with Gasteiger partial charge in [-0.2, -0.15) is 0 Å². The van der Waals surface area contributed by atoms with Crippen molar-refractivity contribution in [2.45, 2.75) is 211 Å².